The van der Waals surface area contributed by atoms with Crippen molar-refractivity contribution in [2.45, 2.75) is 26.3 Å². The minimum Gasteiger partial charge on any atom is -0.366 e. The first kappa shape index (κ1) is 14.1. The summed E-state index contributed by atoms with van der Waals surface area (Å²) in [7, 11) is 0. The predicted octanol–water partition coefficient (Wildman–Crippen LogP) is 3.65. The van der Waals surface area contributed by atoms with Crippen molar-refractivity contribution in [2.24, 2.45) is 0 Å². The van der Waals surface area contributed by atoms with E-state index in [1.807, 2.05) is 37.3 Å². The molecule has 0 bridgehead atoms. The monoisotopic (exact) mass is 302 g/mol. The van der Waals surface area contributed by atoms with Crippen LogP contribution in [0.15, 0.2) is 30.3 Å². The summed E-state index contributed by atoms with van der Waals surface area (Å²) < 4.78 is 0. The zero-order valence-corrected chi connectivity index (χ0v) is 12.9. The molecule has 1 N–H and O–H groups in total. The summed E-state index contributed by atoms with van der Waals surface area (Å²) in [6.07, 6.45) is 2.48. The van der Waals surface area contributed by atoms with E-state index in [2.05, 4.69) is 20.2 Å². The molecule has 0 amide bonds. The van der Waals surface area contributed by atoms with Crippen molar-refractivity contribution in [1.29, 1.82) is 0 Å². The Morgan fingerprint density at radius 2 is 1.95 bits per heavy atom. The standard InChI is InChI=1S/C16H19ClN4/c1-12-19-15(10-16(20-12)21-8-4-5-9-21)18-11-13-6-2-3-7-14(13)17/h2-3,6-7,10H,4-5,8-9,11H2,1H3,(H,18,19,20). The lowest BCUT2D eigenvalue weighted by atomic mass is 10.2. The molecular formula is C16H19ClN4. The third kappa shape index (κ3) is 3.45. The first-order chi connectivity index (χ1) is 10.2. The predicted molar refractivity (Wildman–Crippen MR) is 87.0 cm³/mol. The molecule has 5 heteroatoms. The van der Waals surface area contributed by atoms with Gasteiger partial charge in [0.2, 0.25) is 0 Å². The molecule has 0 unspecified atom stereocenters. The van der Waals surface area contributed by atoms with Crippen molar-refractivity contribution in [3.05, 3.63) is 46.7 Å². The normalized spacial score (nSPS) is 14.5. The first-order valence-electron chi connectivity index (χ1n) is 7.30. The summed E-state index contributed by atoms with van der Waals surface area (Å²) in [6.45, 7) is 4.76. The number of aryl methyl sites for hydroxylation is 1. The van der Waals surface area contributed by atoms with Crippen molar-refractivity contribution in [1.82, 2.24) is 9.97 Å². The largest absolute Gasteiger partial charge is 0.366 e. The Morgan fingerprint density at radius 3 is 2.71 bits per heavy atom. The number of rotatable bonds is 4. The zero-order valence-electron chi connectivity index (χ0n) is 12.1. The van der Waals surface area contributed by atoms with Crippen LogP contribution in [0.5, 0.6) is 0 Å². The van der Waals surface area contributed by atoms with Crippen molar-refractivity contribution in [2.75, 3.05) is 23.3 Å². The number of benzene rings is 1. The summed E-state index contributed by atoms with van der Waals surface area (Å²) in [5, 5.41) is 4.12. The van der Waals surface area contributed by atoms with Crippen molar-refractivity contribution >= 4 is 23.2 Å². The second-order valence-electron chi connectivity index (χ2n) is 5.30. The number of nitrogens with zero attached hydrogens (tertiary/aromatic N) is 3. The van der Waals surface area contributed by atoms with Gasteiger partial charge in [-0.05, 0) is 31.4 Å². The van der Waals surface area contributed by atoms with Crippen LogP contribution in [-0.4, -0.2) is 23.1 Å². The van der Waals surface area contributed by atoms with Gasteiger partial charge in [-0.1, -0.05) is 29.8 Å². The van der Waals surface area contributed by atoms with Crippen molar-refractivity contribution < 1.29 is 0 Å². The van der Waals surface area contributed by atoms with Crippen LogP contribution in [0.2, 0.25) is 5.02 Å². The number of nitrogens with one attached hydrogen (secondary N) is 1. The Bertz CT molecular complexity index is 623. The van der Waals surface area contributed by atoms with E-state index in [0.29, 0.717) is 6.54 Å². The second-order valence-corrected chi connectivity index (χ2v) is 5.70. The van der Waals surface area contributed by atoms with E-state index in [1.54, 1.807) is 0 Å². The highest BCUT2D eigenvalue weighted by Gasteiger charge is 2.15. The fraction of sp³-hybridized carbons (Fsp3) is 0.375. The van der Waals surface area contributed by atoms with Gasteiger partial charge in [-0.3, -0.25) is 0 Å². The second kappa shape index (κ2) is 6.31. The van der Waals surface area contributed by atoms with Crippen LogP contribution in [0, 0.1) is 6.92 Å². The van der Waals surface area contributed by atoms with Gasteiger partial charge in [-0.15, -0.1) is 0 Å². The van der Waals surface area contributed by atoms with Crippen molar-refractivity contribution in [3.8, 4) is 0 Å². The van der Waals surface area contributed by atoms with Gasteiger partial charge in [0, 0.05) is 30.7 Å². The average molecular weight is 303 g/mol. The molecular weight excluding hydrogens is 284 g/mol. The zero-order chi connectivity index (χ0) is 14.7. The molecule has 1 aliphatic heterocycles. The average Bonchev–Trinajstić information content (AvgIpc) is 3.00. The smallest absolute Gasteiger partial charge is 0.134 e. The van der Waals surface area contributed by atoms with Gasteiger partial charge < -0.3 is 10.2 Å². The molecule has 0 atom stereocenters. The number of anilines is 2. The van der Waals surface area contributed by atoms with Gasteiger partial charge in [0.05, 0.1) is 0 Å². The minimum absolute atomic E-state index is 0.662. The van der Waals surface area contributed by atoms with E-state index in [9.17, 15) is 0 Å². The summed E-state index contributed by atoms with van der Waals surface area (Å²) >= 11 is 6.18. The Hall–Kier alpha value is -1.81. The van der Waals surface area contributed by atoms with Crippen LogP contribution in [-0.2, 0) is 6.54 Å². The van der Waals surface area contributed by atoms with E-state index < -0.39 is 0 Å². The molecule has 2 heterocycles. The molecule has 0 saturated carbocycles. The molecule has 1 saturated heterocycles. The fourth-order valence-electron chi connectivity index (χ4n) is 2.58. The highest BCUT2D eigenvalue weighted by molar-refractivity contribution is 6.31. The van der Waals surface area contributed by atoms with Gasteiger partial charge >= 0.3 is 0 Å². The molecule has 0 spiro atoms. The lowest BCUT2D eigenvalue weighted by molar-refractivity contribution is 0.907. The summed E-state index contributed by atoms with van der Waals surface area (Å²) in [6, 6.07) is 9.87. The highest BCUT2D eigenvalue weighted by atomic mass is 35.5. The Kier molecular flexibility index (Phi) is 4.25. The number of hydrogen-bond acceptors (Lipinski definition) is 4. The third-order valence-electron chi connectivity index (χ3n) is 3.67. The maximum atomic E-state index is 6.18. The van der Waals surface area contributed by atoms with Gasteiger partial charge in [-0.2, -0.15) is 0 Å². The number of aromatic nitrogens is 2. The Morgan fingerprint density at radius 1 is 1.19 bits per heavy atom. The fourth-order valence-corrected chi connectivity index (χ4v) is 2.78. The number of halogens is 1. The van der Waals surface area contributed by atoms with Crippen molar-refractivity contribution in [3.63, 3.8) is 0 Å². The van der Waals surface area contributed by atoms with Crippen LogP contribution in [0.25, 0.3) is 0 Å². The minimum atomic E-state index is 0.662. The molecule has 1 aromatic heterocycles. The Balaban J connectivity index is 1.74. The summed E-state index contributed by atoms with van der Waals surface area (Å²) in [5.41, 5.74) is 1.07. The third-order valence-corrected chi connectivity index (χ3v) is 4.04. The summed E-state index contributed by atoms with van der Waals surface area (Å²) in [4.78, 5) is 11.3. The molecule has 3 rings (SSSR count). The molecule has 4 nitrogen and oxygen atoms in total. The first-order valence-corrected chi connectivity index (χ1v) is 7.68. The molecule has 1 aliphatic rings. The van der Waals surface area contributed by atoms with Gasteiger partial charge in [0.25, 0.3) is 0 Å². The molecule has 21 heavy (non-hydrogen) atoms. The lowest BCUT2D eigenvalue weighted by Gasteiger charge is -2.18. The van der Waals surface area contributed by atoms with Gasteiger partial charge in [0.1, 0.15) is 17.5 Å². The van der Waals surface area contributed by atoms with Crippen LogP contribution >= 0.6 is 11.6 Å². The van der Waals surface area contributed by atoms with Gasteiger partial charge in [-0.25, -0.2) is 9.97 Å². The topological polar surface area (TPSA) is 41.1 Å². The van der Waals surface area contributed by atoms with E-state index >= 15 is 0 Å². The molecule has 0 aliphatic carbocycles. The number of hydrogen-bond donors (Lipinski definition) is 1. The van der Waals surface area contributed by atoms with E-state index in [0.717, 1.165) is 41.1 Å². The maximum absolute atomic E-state index is 6.18. The lowest BCUT2D eigenvalue weighted by Crippen LogP contribution is -2.20. The Labute approximate surface area is 130 Å². The molecule has 1 aromatic carbocycles. The van der Waals surface area contributed by atoms with E-state index in [-0.39, 0.29) is 0 Å². The summed E-state index contributed by atoms with van der Waals surface area (Å²) in [5.74, 6) is 2.66. The maximum Gasteiger partial charge on any atom is 0.134 e. The quantitative estimate of drug-likeness (QED) is 0.936. The molecule has 110 valence electrons. The molecule has 1 fully saturated rings. The van der Waals surface area contributed by atoms with Gasteiger partial charge in [0.15, 0.2) is 0 Å². The molecule has 2 aromatic rings. The SMILES string of the molecule is Cc1nc(NCc2ccccc2Cl)cc(N2CCCC2)n1. The molecule has 0 radical (unpaired) electrons. The van der Waals surface area contributed by atoms with Crippen LogP contribution in [0.3, 0.4) is 0 Å². The van der Waals surface area contributed by atoms with Crippen LogP contribution < -0.4 is 10.2 Å². The van der Waals surface area contributed by atoms with E-state index in [4.69, 9.17) is 11.6 Å². The van der Waals surface area contributed by atoms with Crippen LogP contribution in [0.4, 0.5) is 11.6 Å². The van der Waals surface area contributed by atoms with E-state index in [1.165, 1.54) is 12.8 Å². The van der Waals surface area contributed by atoms with Crippen LogP contribution in [0.1, 0.15) is 24.2 Å². The highest BCUT2D eigenvalue weighted by Crippen LogP contribution is 2.21.